The van der Waals surface area contributed by atoms with Gasteiger partial charge in [0.25, 0.3) is 0 Å². The largest absolute Gasteiger partial charge is 0.458 e. The van der Waals surface area contributed by atoms with E-state index in [0.717, 1.165) is 18.2 Å². The van der Waals surface area contributed by atoms with Crippen LogP contribution in [0.3, 0.4) is 0 Å². The average molecular weight is 381 g/mol. The molecule has 0 aliphatic carbocycles. The van der Waals surface area contributed by atoms with Crippen molar-refractivity contribution < 1.29 is 28.5 Å². The maximum absolute atomic E-state index is 11.4. The number of esters is 2. The van der Waals surface area contributed by atoms with Crippen molar-refractivity contribution in [1.29, 1.82) is 0 Å². The second-order valence-corrected chi connectivity index (χ2v) is 6.16. The summed E-state index contributed by atoms with van der Waals surface area (Å²) in [6, 6.07) is 0. The fraction of sp³-hybridized carbons (Fsp3) is 0.867. The van der Waals surface area contributed by atoms with Crippen LogP contribution in [0, 0.1) is 5.92 Å². The molecular formula is C15H25BrO6. The summed E-state index contributed by atoms with van der Waals surface area (Å²) in [6.45, 7) is 7.04. The van der Waals surface area contributed by atoms with Crippen molar-refractivity contribution in [2.75, 3.05) is 11.9 Å². The maximum atomic E-state index is 11.4. The topological polar surface area (TPSA) is 71.1 Å². The number of hydrogen-bond acceptors (Lipinski definition) is 6. The minimum atomic E-state index is -0.755. The molecule has 1 saturated heterocycles. The molecule has 0 saturated carbocycles. The van der Waals surface area contributed by atoms with E-state index in [4.69, 9.17) is 18.9 Å². The molecule has 1 aliphatic heterocycles. The van der Waals surface area contributed by atoms with Gasteiger partial charge < -0.3 is 18.9 Å². The molecule has 5 atom stereocenters. The van der Waals surface area contributed by atoms with Crippen LogP contribution in [0.2, 0.25) is 0 Å². The Morgan fingerprint density at radius 3 is 2.23 bits per heavy atom. The lowest BCUT2D eigenvalue weighted by Crippen LogP contribution is -2.57. The van der Waals surface area contributed by atoms with Gasteiger partial charge in [-0.15, -0.1) is 0 Å². The van der Waals surface area contributed by atoms with Crippen LogP contribution < -0.4 is 0 Å². The quantitative estimate of drug-likeness (QED) is 0.383. The Hall–Kier alpha value is -0.660. The van der Waals surface area contributed by atoms with E-state index in [9.17, 15) is 9.59 Å². The fourth-order valence-corrected chi connectivity index (χ4v) is 2.80. The van der Waals surface area contributed by atoms with Gasteiger partial charge in [-0.25, -0.2) is 0 Å². The maximum Gasteiger partial charge on any atom is 0.303 e. The van der Waals surface area contributed by atoms with Crippen LogP contribution >= 0.6 is 15.9 Å². The lowest BCUT2D eigenvalue weighted by molar-refractivity contribution is -0.290. The fourth-order valence-electron chi connectivity index (χ4n) is 2.58. The summed E-state index contributed by atoms with van der Waals surface area (Å²) in [5.74, 6) is -0.957. The van der Waals surface area contributed by atoms with Gasteiger partial charge >= 0.3 is 11.9 Å². The molecule has 0 spiro atoms. The Morgan fingerprint density at radius 2 is 1.73 bits per heavy atom. The first-order valence-corrected chi connectivity index (χ1v) is 8.70. The molecule has 1 rings (SSSR count). The number of ether oxygens (including phenoxy) is 4. The first-order valence-electron chi connectivity index (χ1n) is 7.58. The number of rotatable bonds is 7. The molecule has 6 nitrogen and oxygen atoms in total. The summed E-state index contributed by atoms with van der Waals surface area (Å²) >= 11 is 3.33. The van der Waals surface area contributed by atoms with Gasteiger partial charge in [-0.1, -0.05) is 29.8 Å². The third kappa shape index (κ3) is 5.52. The Bertz CT molecular complexity index is 375. The van der Waals surface area contributed by atoms with E-state index in [1.165, 1.54) is 13.8 Å². The van der Waals surface area contributed by atoms with Crippen LogP contribution in [0.25, 0.3) is 0 Å². The monoisotopic (exact) mass is 380 g/mol. The minimum absolute atomic E-state index is 0.0886. The van der Waals surface area contributed by atoms with Crippen LogP contribution in [0.15, 0.2) is 0 Å². The Morgan fingerprint density at radius 1 is 1.14 bits per heavy atom. The third-order valence-corrected chi connectivity index (χ3v) is 4.13. The van der Waals surface area contributed by atoms with Crippen LogP contribution in [-0.2, 0) is 28.5 Å². The van der Waals surface area contributed by atoms with Gasteiger partial charge in [0.05, 0.1) is 12.7 Å². The lowest BCUT2D eigenvalue weighted by Gasteiger charge is -2.43. The van der Waals surface area contributed by atoms with E-state index >= 15 is 0 Å². The van der Waals surface area contributed by atoms with Crippen LogP contribution in [-0.4, -0.2) is 48.5 Å². The third-order valence-electron chi connectivity index (χ3n) is 3.57. The second kappa shape index (κ2) is 9.47. The molecule has 7 heteroatoms. The number of carbonyl (C=O) groups excluding carboxylic acids is 2. The van der Waals surface area contributed by atoms with Crippen LogP contribution in [0.5, 0.6) is 0 Å². The van der Waals surface area contributed by atoms with E-state index in [1.54, 1.807) is 0 Å². The van der Waals surface area contributed by atoms with Crippen LogP contribution in [0.4, 0.5) is 0 Å². The summed E-state index contributed by atoms with van der Waals surface area (Å²) in [4.78, 5) is 22.8. The number of hydrogen-bond donors (Lipinski definition) is 0. The number of alkyl halides is 1. The molecule has 0 aromatic rings. The molecule has 0 radical (unpaired) electrons. The molecule has 128 valence electrons. The van der Waals surface area contributed by atoms with Crippen molar-refractivity contribution in [3.05, 3.63) is 0 Å². The molecule has 1 unspecified atom stereocenters. The highest BCUT2D eigenvalue weighted by Crippen LogP contribution is 2.32. The van der Waals surface area contributed by atoms with Crippen molar-refractivity contribution in [3.8, 4) is 0 Å². The van der Waals surface area contributed by atoms with E-state index in [1.807, 2.05) is 13.8 Å². The molecule has 0 aromatic heterocycles. The normalized spacial score (nSPS) is 31.6. The van der Waals surface area contributed by atoms with Crippen molar-refractivity contribution in [3.63, 3.8) is 0 Å². The summed E-state index contributed by atoms with van der Waals surface area (Å²) in [7, 11) is 0. The standard InChI is InChI=1S/C15H25BrO6/c1-5-12-9(2)13(20-10(3)17)14(21-11(4)18)15(22-12)19-8-6-7-16/h9,12-15H,5-8H2,1-4H3/t9-,12-,13+,14+,15?/m1/s1. The molecule has 22 heavy (non-hydrogen) atoms. The van der Waals surface area contributed by atoms with Gasteiger partial charge in [-0.3, -0.25) is 9.59 Å². The highest BCUT2D eigenvalue weighted by molar-refractivity contribution is 9.09. The van der Waals surface area contributed by atoms with E-state index in [-0.39, 0.29) is 12.0 Å². The molecule has 0 aromatic carbocycles. The molecule has 1 fully saturated rings. The Kier molecular flexibility index (Phi) is 8.35. The number of carbonyl (C=O) groups is 2. The van der Waals surface area contributed by atoms with Gasteiger partial charge in [0.1, 0.15) is 6.10 Å². The molecule has 1 heterocycles. The Labute approximate surface area is 139 Å². The van der Waals surface area contributed by atoms with Gasteiger partial charge in [-0.05, 0) is 12.8 Å². The minimum Gasteiger partial charge on any atom is -0.458 e. The molecule has 1 aliphatic rings. The summed E-state index contributed by atoms with van der Waals surface area (Å²) in [5, 5.41) is 0.804. The van der Waals surface area contributed by atoms with Crippen molar-refractivity contribution in [2.24, 2.45) is 5.92 Å². The molecule has 0 amide bonds. The predicted octanol–water partition coefficient (Wildman–Crippen LogP) is 2.42. The average Bonchev–Trinajstić information content (AvgIpc) is 2.44. The van der Waals surface area contributed by atoms with Gasteiger partial charge in [-0.2, -0.15) is 0 Å². The van der Waals surface area contributed by atoms with E-state index in [2.05, 4.69) is 15.9 Å². The first kappa shape index (κ1) is 19.4. The highest BCUT2D eigenvalue weighted by Gasteiger charge is 2.47. The van der Waals surface area contributed by atoms with Crippen molar-refractivity contribution in [2.45, 2.75) is 65.1 Å². The zero-order chi connectivity index (χ0) is 16.7. The van der Waals surface area contributed by atoms with E-state index < -0.39 is 30.4 Å². The molecular weight excluding hydrogens is 356 g/mol. The summed E-state index contributed by atoms with van der Waals surface area (Å²) in [5.41, 5.74) is 0. The van der Waals surface area contributed by atoms with Crippen molar-refractivity contribution >= 4 is 27.9 Å². The summed E-state index contributed by atoms with van der Waals surface area (Å²) in [6.07, 6.45) is -0.622. The smallest absolute Gasteiger partial charge is 0.303 e. The number of halogens is 1. The summed E-state index contributed by atoms with van der Waals surface area (Å²) < 4.78 is 22.4. The van der Waals surface area contributed by atoms with Gasteiger partial charge in [0, 0.05) is 25.1 Å². The zero-order valence-corrected chi connectivity index (χ0v) is 15.1. The first-order chi connectivity index (χ1) is 10.4. The van der Waals surface area contributed by atoms with Gasteiger partial charge in [0.2, 0.25) is 0 Å². The van der Waals surface area contributed by atoms with Crippen molar-refractivity contribution in [1.82, 2.24) is 0 Å². The molecule has 0 N–H and O–H groups in total. The predicted molar refractivity (Wildman–Crippen MR) is 83.6 cm³/mol. The second-order valence-electron chi connectivity index (χ2n) is 5.37. The Balaban J connectivity index is 2.93. The van der Waals surface area contributed by atoms with Crippen LogP contribution in [0.1, 0.15) is 40.5 Å². The zero-order valence-electron chi connectivity index (χ0n) is 13.5. The molecule has 0 bridgehead atoms. The highest BCUT2D eigenvalue weighted by atomic mass is 79.9. The lowest BCUT2D eigenvalue weighted by atomic mass is 9.89. The SMILES string of the molecule is CC[C@H]1OC(OCCCBr)[C@@H](OC(C)=O)[C@@H](OC(C)=O)[C@@H]1C. The van der Waals surface area contributed by atoms with E-state index in [0.29, 0.717) is 6.61 Å². The van der Waals surface area contributed by atoms with Gasteiger partial charge in [0.15, 0.2) is 12.4 Å².